The lowest BCUT2D eigenvalue weighted by molar-refractivity contribution is 0.0910. The van der Waals surface area contributed by atoms with E-state index in [1.165, 1.54) is 36.4 Å². The molecule has 0 spiro atoms. The second-order valence-corrected chi connectivity index (χ2v) is 13.8. The summed E-state index contributed by atoms with van der Waals surface area (Å²) in [5.74, 6) is -2.89. The van der Waals surface area contributed by atoms with E-state index in [9.17, 15) is 28.8 Å². The second kappa shape index (κ2) is 13.6. The van der Waals surface area contributed by atoms with Crippen molar-refractivity contribution in [2.75, 3.05) is 26.2 Å². The fourth-order valence-corrected chi connectivity index (χ4v) is 7.02. The van der Waals surface area contributed by atoms with Crippen LogP contribution in [0.15, 0.2) is 121 Å². The van der Waals surface area contributed by atoms with E-state index in [1.807, 2.05) is 45.0 Å². The summed E-state index contributed by atoms with van der Waals surface area (Å²) in [6.07, 6.45) is 0. The minimum Gasteiger partial charge on any atom is -0.399 e. The van der Waals surface area contributed by atoms with Gasteiger partial charge in [-0.3, -0.25) is 28.8 Å². The van der Waals surface area contributed by atoms with E-state index in [0.29, 0.717) is 28.4 Å². The Morgan fingerprint density at radius 1 is 0.446 bits per heavy atom. The molecule has 6 aromatic rings. The average molecular weight is 740 g/mol. The third-order valence-electron chi connectivity index (χ3n) is 10.0. The van der Waals surface area contributed by atoms with Crippen molar-refractivity contribution in [1.29, 1.82) is 0 Å². The van der Waals surface area contributed by atoms with Crippen LogP contribution in [-0.4, -0.2) is 35.4 Å². The number of carbonyl (C=O) groups excluding carboxylic acids is 6. The molecule has 0 saturated carbocycles. The van der Waals surface area contributed by atoms with Crippen LogP contribution >= 0.6 is 0 Å². The van der Waals surface area contributed by atoms with Crippen molar-refractivity contribution in [1.82, 2.24) is 0 Å². The van der Waals surface area contributed by atoms with E-state index in [4.69, 9.17) is 5.73 Å². The van der Waals surface area contributed by atoms with Gasteiger partial charge < -0.3 is 16.4 Å². The Morgan fingerprint density at radius 3 is 1.23 bits per heavy atom. The molecule has 2 heterocycles. The molecule has 0 atom stereocenters. The van der Waals surface area contributed by atoms with E-state index in [2.05, 4.69) is 10.6 Å². The van der Waals surface area contributed by atoms with Gasteiger partial charge in [-0.2, -0.15) is 0 Å². The number of nitrogens with two attached hydrogens (primary N) is 1. The zero-order valence-corrected chi connectivity index (χ0v) is 30.5. The van der Waals surface area contributed by atoms with Crippen molar-refractivity contribution in [3.8, 4) is 11.1 Å². The van der Waals surface area contributed by atoms with Crippen molar-refractivity contribution < 1.29 is 28.8 Å². The maximum Gasteiger partial charge on any atom is 0.266 e. The Hall–Kier alpha value is -7.66. The Bertz CT molecular complexity index is 2520. The van der Waals surface area contributed by atoms with Crippen LogP contribution in [-0.2, 0) is 0 Å². The van der Waals surface area contributed by atoms with Crippen molar-refractivity contribution in [3.05, 3.63) is 171 Å². The molecule has 11 nitrogen and oxygen atoms in total. The first-order chi connectivity index (χ1) is 26.9. The van der Waals surface area contributed by atoms with Crippen LogP contribution in [0.2, 0.25) is 0 Å². The number of anilines is 5. The molecule has 6 amide bonds. The molecule has 2 aliphatic rings. The predicted molar refractivity (Wildman–Crippen MR) is 214 cm³/mol. The van der Waals surface area contributed by atoms with Crippen LogP contribution in [0.5, 0.6) is 0 Å². The van der Waals surface area contributed by atoms with Crippen LogP contribution in [0, 0.1) is 20.8 Å². The summed E-state index contributed by atoms with van der Waals surface area (Å²) in [4.78, 5) is 82.3. The molecular formula is C45H33N5O6. The molecule has 56 heavy (non-hydrogen) atoms. The monoisotopic (exact) mass is 739 g/mol. The molecule has 6 aromatic carbocycles. The van der Waals surface area contributed by atoms with Gasteiger partial charge in [-0.05, 0) is 140 Å². The summed E-state index contributed by atoms with van der Waals surface area (Å²) in [6.45, 7) is 5.67. The Kier molecular flexibility index (Phi) is 8.61. The lowest BCUT2D eigenvalue weighted by Gasteiger charge is -2.19. The number of fused-ring (bicyclic) bond motifs is 2. The maximum atomic E-state index is 13.6. The van der Waals surface area contributed by atoms with Crippen LogP contribution in [0.1, 0.15) is 78.8 Å². The lowest BCUT2D eigenvalue weighted by atomic mass is 9.95. The van der Waals surface area contributed by atoms with E-state index in [-0.39, 0.29) is 33.4 Å². The highest BCUT2D eigenvalue weighted by atomic mass is 16.2. The van der Waals surface area contributed by atoms with Crippen molar-refractivity contribution in [2.24, 2.45) is 0 Å². The number of aryl methyl sites for hydroxylation is 3. The van der Waals surface area contributed by atoms with Gasteiger partial charge in [0.15, 0.2) is 0 Å². The van der Waals surface area contributed by atoms with Crippen LogP contribution in [0.4, 0.5) is 28.4 Å². The van der Waals surface area contributed by atoms with Crippen LogP contribution in [0.25, 0.3) is 11.1 Å². The van der Waals surface area contributed by atoms with Crippen molar-refractivity contribution >= 4 is 63.9 Å². The quantitative estimate of drug-likeness (QED) is 0.111. The molecule has 0 aromatic heterocycles. The highest BCUT2D eigenvalue weighted by molar-refractivity contribution is 6.36. The number of amides is 6. The van der Waals surface area contributed by atoms with Gasteiger partial charge in [0, 0.05) is 28.2 Å². The van der Waals surface area contributed by atoms with Gasteiger partial charge >= 0.3 is 0 Å². The zero-order valence-electron chi connectivity index (χ0n) is 30.5. The first-order valence-corrected chi connectivity index (χ1v) is 17.7. The first kappa shape index (κ1) is 35.4. The summed E-state index contributed by atoms with van der Waals surface area (Å²) < 4.78 is 0. The number of hydrogen-bond donors (Lipinski definition) is 3. The topological polar surface area (TPSA) is 159 Å². The molecule has 0 saturated heterocycles. The fraction of sp³-hybridized carbons (Fsp3) is 0.0667. The number of benzene rings is 6. The van der Waals surface area contributed by atoms with E-state index >= 15 is 0 Å². The standard InChI is InChI=1S/C45H33N5O6/c1-24-4-10-30(11-5-24)47-40(51)27-6-16-36-38(22-27)44(55)49(42(36)53)32-14-18-34(25(2)20-32)35-19-15-33(21-26(35)3)50-43(54)37-17-7-28(23-39(37)45(50)56)41(52)48-31-12-8-29(46)9-13-31/h4-23H,46H2,1-3H3,(H,47,51)(H,48,52). The number of nitrogen functional groups attached to an aromatic ring is 1. The van der Waals surface area contributed by atoms with Crippen molar-refractivity contribution in [3.63, 3.8) is 0 Å². The number of nitrogens with one attached hydrogen (secondary N) is 2. The highest BCUT2D eigenvalue weighted by Gasteiger charge is 2.39. The normalized spacial score (nSPS) is 13.2. The summed E-state index contributed by atoms with van der Waals surface area (Å²) in [5.41, 5.74) is 13.6. The number of hydrogen-bond acceptors (Lipinski definition) is 7. The molecule has 0 radical (unpaired) electrons. The Morgan fingerprint density at radius 2 is 0.821 bits per heavy atom. The van der Waals surface area contributed by atoms with Gasteiger partial charge in [-0.15, -0.1) is 0 Å². The highest BCUT2D eigenvalue weighted by Crippen LogP contribution is 2.37. The van der Waals surface area contributed by atoms with Gasteiger partial charge in [0.1, 0.15) is 0 Å². The molecule has 8 rings (SSSR count). The number of imide groups is 2. The molecule has 2 aliphatic heterocycles. The molecule has 0 aliphatic carbocycles. The molecule has 0 fully saturated rings. The third kappa shape index (κ3) is 6.16. The molecule has 11 heteroatoms. The minimum atomic E-state index is -0.542. The van der Waals surface area contributed by atoms with Crippen LogP contribution < -0.4 is 26.2 Å². The van der Waals surface area contributed by atoms with E-state index in [1.54, 1.807) is 60.7 Å². The summed E-state index contributed by atoms with van der Waals surface area (Å²) in [6, 6.07) is 33.4. The molecule has 274 valence electrons. The Balaban J connectivity index is 0.994. The van der Waals surface area contributed by atoms with Crippen LogP contribution in [0.3, 0.4) is 0 Å². The van der Waals surface area contributed by atoms with E-state index < -0.39 is 35.4 Å². The Labute approximate surface area is 321 Å². The largest absolute Gasteiger partial charge is 0.399 e. The lowest BCUT2D eigenvalue weighted by Crippen LogP contribution is -2.29. The van der Waals surface area contributed by atoms with E-state index in [0.717, 1.165) is 37.6 Å². The summed E-state index contributed by atoms with van der Waals surface area (Å²) in [7, 11) is 0. The maximum absolute atomic E-state index is 13.6. The predicted octanol–water partition coefficient (Wildman–Crippen LogP) is 7.97. The summed E-state index contributed by atoms with van der Waals surface area (Å²) in [5, 5.41) is 5.59. The smallest absolute Gasteiger partial charge is 0.266 e. The van der Waals surface area contributed by atoms with Gasteiger partial charge in [0.2, 0.25) is 0 Å². The van der Waals surface area contributed by atoms with Crippen molar-refractivity contribution in [2.45, 2.75) is 20.8 Å². The average Bonchev–Trinajstić information content (AvgIpc) is 3.59. The van der Waals surface area contributed by atoms with Gasteiger partial charge in [0.25, 0.3) is 35.4 Å². The fourth-order valence-electron chi connectivity index (χ4n) is 7.02. The third-order valence-corrected chi connectivity index (χ3v) is 10.0. The molecular weight excluding hydrogens is 707 g/mol. The van der Waals surface area contributed by atoms with Gasteiger partial charge in [-0.25, -0.2) is 9.80 Å². The number of nitrogens with zero attached hydrogens (tertiary/aromatic N) is 2. The molecule has 4 N–H and O–H groups in total. The number of rotatable bonds is 7. The first-order valence-electron chi connectivity index (χ1n) is 17.7. The number of carbonyl (C=O) groups is 6. The zero-order chi connectivity index (χ0) is 39.4. The molecule has 0 bridgehead atoms. The molecule has 0 unspecified atom stereocenters. The van der Waals surface area contributed by atoms with Gasteiger partial charge in [-0.1, -0.05) is 29.8 Å². The van der Waals surface area contributed by atoms with Gasteiger partial charge in [0.05, 0.1) is 33.6 Å². The second-order valence-electron chi connectivity index (χ2n) is 13.8. The SMILES string of the molecule is Cc1ccc(NC(=O)c2ccc3c(c2)C(=O)N(c2ccc(-c4ccc(N5C(=O)c6ccc(C(=O)Nc7ccc(N)cc7)cc6C5=O)cc4C)c(C)c2)C3=O)cc1. The minimum absolute atomic E-state index is 0.128. The summed E-state index contributed by atoms with van der Waals surface area (Å²) >= 11 is 0.